The highest BCUT2D eigenvalue weighted by atomic mass is 32.2. The molecule has 8 nitrogen and oxygen atoms in total. The van der Waals surface area contributed by atoms with Gasteiger partial charge in [0.1, 0.15) is 5.56 Å². The Labute approximate surface area is 116 Å². The largest absolute Gasteiger partial charge is 0.462 e. The average molecular weight is 303 g/mol. The third kappa shape index (κ3) is 3.35. The fourth-order valence-corrected chi connectivity index (χ4v) is 3.32. The summed E-state index contributed by atoms with van der Waals surface area (Å²) in [5, 5.41) is 5.70. The average Bonchev–Trinajstić information content (AvgIpc) is 2.90. The Morgan fingerprint density at radius 1 is 1.55 bits per heavy atom. The molecule has 0 atom stereocenters. The van der Waals surface area contributed by atoms with Crippen LogP contribution in [0.1, 0.15) is 30.1 Å². The van der Waals surface area contributed by atoms with Crippen molar-refractivity contribution in [1.82, 2.24) is 14.9 Å². The summed E-state index contributed by atoms with van der Waals surface area (Å²) in [5.74, 6) is -0.714. The van der Waals surface area contributed by atoms with Gasteiger partial charge in [-0.2, -0.15) is 5.10 Å². The van der Waals surface area contributed by atoms with E-state index in [-0.39, 0.29) is 23.2 Å². The van der Waals surface area contributed by atoms with E-state index in [9.17, 15) is 13.2 Å². The number of carbonyl (C=O) groups excluding carboxylic acids is 1. The van der Waals surface area contributed by atoms with Crippen LogP contribution in [0.3, 0.4) is 0 Å². The molecule has 0 spiro atoms. The van der Waals surface area contributed by atoms with E-state index in [2.05, 4.69) is 14.9 Å². The molecule has 0 aliphatic carbocycles. The molecule has 1 fully saturated rings. The van der Waals surface area contributed by atoms with Crippen LogP contribution >= 0.6 is 0 Å². The molecule has 1 aromatic heterocycles. The van der Waals surface area contributed by atoms with E-state index in [0.29, 0.717) is 26.1 Å². The first kappa shape index (κ1) is 14.9. The number of sulfonamides is 1. The second-order valence-electron chi connectivity index (χ2n) is 4.34. The highest BCUT2D eigenvalue weighted by Gasteiger charge is 2.28. The number of nitrogens with one attached hydrogen (secondary N) is 2. The van der Waals surface area contributed by atoms with E-state index in [4.69, 9.17) is 9.47 Å². The Morgan fingerprint density at radius 2 is 2.25 bits per heavy atom. The smallest absolute Gasteiger partial charge is 0.342 e. The minimum atomic E-state index is -3.84. The van der Waals surface area contributed by atoms with Crippen LogP contribution in [-0.4, -0.2) is 50.4 Å². The molecule has 2 N–H and O–H groups in total. The van der Waals surface area contributed by atoms with Crippen LogP contribution in [0.5, 0.6) is 0 Å². The number of hydrogen-bond acceptors (Lipinski definition) is 6. The van der Waals surface area contributed by atoms with Crippen molar-refractivity contribution < 1.29 is 22.7 Å². The van der Waals surface area contributed by atoms with Gasteiger partial charge in [-0.1, -0.05) is 0 Å². The van der Waals surface area contributed by atoms with Gasteiger partial charge in [0, 0.05) is 19.3 Å². The molecule has 0 amide bonds. The number of esters is 1. The summed E-state index contributed by atoms with van der Waals surface area (Å²) in [5.41, 5.74) is -0.0913. The summed E-state index contributed by atoms with van der Waals surface area (Å²) in [4.78, 5) is 11.7. The molecular weight excluding hydrogens is 286 g/mol. The van der Waals surface area contributed by atoms with E-state index < -0.39 is 16.0 Å². The standard InChI is InChI=1S/C11H17N3O5S/c1-2-19-11(15)9-7-12-13-10(9)20(16,17)14-8-3-5-18-6-4-8/h7-8,14H,2-6H2,1H3,(H,12,13). The molecule has 1 aromatic rings. The van der Waals surface area contributed by atoms with Crippen molar-refractivity contribution in [2.24, 2.45) is 0 Å². The summed E-state index contributed by atoms with van der Waals surface area (Å²) in [6.07, 6.45) is 2.35. The number of ether oxygens (including phenoxy) is 2. The van der Waals surface area contributed by atoms with Gasteiger partial charge in [-0.15, -0.1) is 0 Å². The first-order valence-corrected chi connectivity index (χ1v) is 7.83. The van der Waals surface area contributed by atoms with Crippen molar-refractivity contribution >= 4 is 16.0 Å². The van der Waals surface area contributed by atoms with Crippen LogP contribution in [0.15, 0.2) is 11.2 Å². The number of aromatic amines is 1. The number of rotatable bonds is 5. The summed E-state index contributed by atoms with van der Waals surface area (Å²) in [7, 11) is -3.84. The summed E-state index contributed by atoms with van der Waals surface area (Å²) >= 11 is 0. The van der Waals surface area contributed by atoms with Crippen molar-refractivity contribution in [3.63, 3.8) is 0 Å². The van der Waals surface area contributed by atoms with E-state index in [1.807, 2.05) is 0 Å². The molecule has 0 bridgehead atoms. The van der Waals surface area contributed by atoms with Crippen LogP contribution in [0.25, 0.3) is 0 Å². The van der Waals surface area contributed by atoms with Crippen molar-refractivity contribution in [2.75, 3.05) is 19.8 Å². The van der Waals surface area contributed by atoms with Gasteiger partial charge < -0.3 is 9.47 Å². The van der Waals surface area contributed by atoms with Crippen LogP contribution in [-0.2, 0) is 19.5 Å². The highest BCUT2D eigenvalue weighted by molar-refractivity contribution is 7.89. The van der Waals surface area contributed by atoms with Gasteiger partial charge in [-0.3, -0.25) is 5.10 Å². The molecule has 0 aromatic carbocycles. The van der Waals surface area contributed by atoms with Crippen LogP contribution in [0.2, 0.25) is 0 Å². The first-order valence-electron chi connectivity index (χ1n) is 6.35. The zero-order chi connectivity index (χ0) is 14.6. The first-order chi connectivity index (χ1) is 9.54. The van der Waals surface area contributed by atoms with Gasteiger partial charge in [-0.25, -0.2) is 17.9 Å². The molecule has 20 heavy (non-hydrogen) atoms. The molecule has 1 saturated heterocycles. The molecule has 0 saturated carbocycles. The molecular formula is C11H17N3O5S. The van der Waals surface area contributed by atoms with Gasteiger partial charge in [0.15, 0.2) is 5.03 Å². The SMILES string of the molecule is CCOC(=O)c1cn[nH]c1S(=O)(=O)NC1CCOCC1. The van der Waals surface area contributed by atoms with Crippen LogP contribution in [0.4, 0.5) is 0 Å². The minimum Gasteiger partial charge on any atom is -0.462 e. The quantitative estimate of drug-likeness (QED) is 0.743. The Kier molecular flexibility index (Phi) is 4.73. The summed E-state index contributed by atoms with van der Waals surface area (Å²) in [6, 6.07) is -0.202. The van der Waals surface area contributed by atoms with E-state index >= 15 is 0 Å². The third-order valence-corrected chi connectivity index (χ3v) is 4.40. The van der Waals surface area contributed by atoms with Crippen molar-refractivity contribution in [3.05, 3.63) is 11.8 Å². The molecule has 1 aliphatic rings. The predicted octanol–water partition coefficient (Wildman–Crippen LogP) is 0.0437. The highest BCUT2D eigenvalue weighted by Crippen LogP contribution is 2.16. The van der Waals surface area contributed by atoms with Gasteiger partial charge in [0.05, 0.1) is 12.8 Å². The molecule has 0 unspecified atom stereocenters. The second kappa shape index (κ2) is 6.33. The van der Waals surface area contributed by atoms with Crippen molar-refractivity contribution in [2.45, 2.75) is 30.8 Å². The summed E-state index contributed by atoms with van der Waals surface area (Å²) < 4.78 is 37.0. The van der Waals surface area contributed by atoms with Crippen LogP contribution < -0.4 is 4.72 Å². The van der Waals surface area contributed by atoms with E-state index in [1.54, 1.807) is 6.92 Å². The number of H-pyrrole nitrogens is 1. The van der Waals surface area contributed by atoms with Gasteiger partial charge in [-0.05, 0) is 19.8 Å². The number of nitrogens with zero attached hydrogens (tertiary/aromatic N) is 1. The maximum absolute atomic E-state index is 12.3. The lowest BCUT2D eigenvalue weighted by Gasteiger charge is -2.22. The molecule has 2 heterocycles. The van der Waals surface area contributed by atoms with Crippen LogP contribution in [0, 0.1) is 0 Å². The lowest BCUT2D eigenvalue weighted by molar-refractivity contribution is 0.0521. The van der Waals surface area contributed by atoms with E-state index in [1.165, 1.54) is 0 Å². The number of aromatic nitrogens is 2. The Bertz CT molecular complexity index is 562. The zero-order valence-corrected chi connectivity index (χ0v) is 11.9. The monoisotopic (exact) mass is 303 g/mol. The van der Waals surface area contributed by atoms with Gasteiger partial charge in [0.2, 0.25) is 0 Å². The number of carbonyl (C=O) groups is 1. The number of hydrogen-bond donors (Lipinski definition) is 2. The lowest BCUT2D eigenvalue weighted by atomic mass is 10.1. The Balaban J connectivity index is 2.17. The topological polar surface area (TPSA) is 110 Å². The predicted molar refractivity (Wildman–Crippen MR) is 68.7 cm³/mol. The lowest BCUT2D eigenvalue weighted by Crippen LogP contribution is -2.39. The molecule has 9 heteroatoms. The molecule has 1 aliphatic heterocycles. The second-order valence-corrected chi connectivity index (χ2v) is 5.99. The third-order valence-electron chi connectivity index (χ3n) is 2.91. The molecule has 112 valence electrons. The Morgan fingerprint density at radius 3 is 2.90 bits per heavy atom. The molecule has 2 rings (SSSR count). The maximum atomic E-state index is 12.3. The normalized spacial score (nSPS) is 17.1. The Hall–Kier alpha value is -1.45. The van der Waals surface area contributed by atoms with Crippen molar-refractivity contribution in [1.29, 1.82) is 0 Å². The zero-order valence-electron chi connectivity index (χ0n) is 11.1. The van der Waals surface area contributed by atoms with Crippen molar-refractivity contribution in [3.8, 4) is 0 Å². The fourth-order valence-electron chi connectivity index (χ4n) is 1.93. The minimum absolute atomic E-state index is 0.0913. The van der Waals surface area contributed by atoms with Gasteiger partial charge in [0.25, 0.3) is 10.0 Å². The van der Waals surface area contributed by atoms with Gasteiger partial charge >= 0.3 is 5.97 Å². The summed E-state index contributed by atoms with van der Waals surface area (Å²) in [6.45, 7) is 2.84. The van der Waals surface area contributed by atoms with E-state index in [0.717, 1.165) is 6.20 Å². The maximum Gasteiger partial charge on any atom is 0.342 e. The fraction of sp³-hybridized carbons (Fsp3) is 0.636. The molecule has 0 radical (unpaired) electrons.